The smallest absolute Gasteiger partial charge is 0.271 e. The first-order valence-electron chi connectivity index (χ1n) is 8.22. The predicted molar refractivity (Wildman–Crippen MR) is 104 cm³/mol. The maximum atomic E-state index is 12.0. The first-order valence-corrected chi connectivity index (χ1v) is 8.60. The van der Waals surface area contributed by atoms with Gasteiger partial charge >= 0.3 is 0 Å². The molecule has 7 heteroatoms. The molecule has 0 aromatic heterocycles. The highest BCUT2D eigenvalue weighted by Crippen LogP contribution is 2.37. The summed E-state index contributed by atoms with van der Waals surface area (Å²) in [6, 6.07) is 10.1. The molecule has 2 rings (SSSR count). The zero-order valence-electron chi connectivity index (χ0n) is 15.0. The lowest BCUT2D eigenvalue weighted by Gasteiger charge is -2.16. The Bertz CT molecular complexity index is 807. The Morgan fingerprint density at radius 2 is 2.12 bits per heavy atom. The fraction of sp³-hybridized carbons (Fsp3) is 0.263. The van der Waals surface area contributed by atoms with Crippen molar-refractivity contribution in [1.82, 2.24) is 5.43 Å². The molecule has 0 saturated heterocycles. The molecule has 0 aliphatic carbocycles. The number of nitrogens with one attached hydrogen (secondary N) is 1. The molecule has 3 N–H and O–H groups in total. The number of hydrogen-bond acceptors (Lipinski definition) is 5. The van der Waals surface area contributed by atoms with Crippen molar-refractivity contribution in [2.75, 3.05) is 12.3 Å². The Labute approximate surface area is 157 Å². The number of nitrogens with zero attached hydrogens (tertiary/aromatic N) is 1. The van der Waals surface area contributed by atoms with Gasteiger partial charge in [-0.2, -0.15) is 5.10 Å². The van der Waals surface area contributed by atoms with Crippen LogP contribution in [0.25, 0.3) is 0 Å². The van der Waals surface area contributed by atoms with E-state index in [1.165, 1.54) is 6.21 Å². The Kier molecular flexibility index (Phi) is 6.86. The summed E-state index contributed by atoms with van der Waals surface area (Å²) in [5, 5.41) is 4.37. The van der Waals surface area contributed by atoms with Gasteiger partial charge in [-0.15, -0.1) is 0 Å². The van der Waals surface area contributed by atoms with Gasteiger partial charge < -0.3 is 15.2 Å². The molecule has 0 fully saturated rings. The van der Waals surface area contributed by atoms with Crippen LogP contribution >= 0.6 is 11.6 Å². The van der Waals surface area contributed by atoms with Gasteiger partial charge in [0, 0.05) is 11.3 Å². The zero-order chi connectivity index (χ0) is 19.1. The molecule has 0 atom stereocenters. The van der Waals surface area contributed by atoms with E-state index in [9.17, 15) is 4.79 Å². The van der Waals surface area contributed by atoms with Gasteiger partial charge in [-0.1, -0.05) is 17.7 Å². The number of nitrogens with two attached hydrogens (primary N) is 1. The summed E-state index contributed by atoms with van der Waals surface area (Å²) in [6.07, 6.45) is 1.45. The minimum atomic E-state index is -0.357. The summed E-state index contributed by atoms with van der Waals surface area (Å²) in [4.78, 5) is 12.0. The summed E-state index contributed by atoms with van der Waals surface area (Å²) in [6.45, 7) is 6.16. The largest absolute Gasteiger partial charge is 0.490 e. The lowest BCUT2D eigenvalue weighted by molar-refractivity contribution is 0.0955. The monoisotopic (exact) mass is 375 g/mol. The van der Waals surface area contributed by atoms with Gasteiger partial charge in [0.25, 0.3) is 5.91 Å². The minimum Gasteiger partial charge on any atom is -0.490 e. The number of anilines is 1. The number of halogens is 1. The molecule has 0 spiro atoms. The van der Waals surface area contributed by atoms with Gasteiger partial charge in [-0.25, -0.2) is 5.43 Å². The molecule has 0 heterocycles. The molecule has 0 aliphatic heterocycles. The van der Waals surface area contributed by atoms with Crippen LogP contribution in [0.5, 0.6) is 11.5 Å². The maximum Gasteiger partial charge on any atom is 0.271 e. The Balaban J connectivity index is 2.15. The van der Waals surface area contributed by atoms with E-state index < -0.39 is 0 Å². The van der Waals surface area contributed by atoms with Crippen LogP contribution in [0.4, 0.5) is 5.69 Å². The third-order valence-corrected chi connectivity index (χ3v) is 3.49. The molecule has 26 heavy (non-hydrogen) atoms. The number of carbonyl (C=O) groups excluding carboxylic acids is 1. The summed E-state index contributed by atoms with van der Waals surface area (Å²) < 4.78 is 11.3. The van der Waals surface area contributed by atoms with Crippen molar-refractivity contribution < 1.29 is 14.3 Å². The van der Waals surface area contributed by atoms with Crippen LogP contribution in [0.15, 0.2) is 41.5 Å². The van der Waals surface area contributed by atoms with Crippen LogP contribution in [0.3, 0.4) is 0 Å². The van der Waals surface area contributed by atoms with Gasteiger partial charge in [-0.05, 0) is 56.7 Å². The van der Waals surface area contributed by atoms with Crippen LogP contribution in [-0.4, -0.2) is 24.8 Å². The Morgan fingerprint density at radius 1 is 1.35 bits per heavy atom. The number of amides is 1. The topological polar surface area (TPSA) is 85.9 Å². The van der Waals surface area contributed by atoms with E-state index in [-0.39, 0.29) is 12.0 Å². The summed E-state index contributed by atoms with van der Waals surface area (Å²) >= 11 is 6.30. The van der Waals surface area contributed by atoms with Crippen LogP contribution in [0.2, 0.25) is 5.02 Å². The van der Waals surface area contributed by atoms with Gasteiger partial charge in [0.1, 0.15) is 0 Å². The zero-order valence-corrected chi connectivity index (χ0v) is 15.7. The average molecular weight is 376 g/mol. The van der Waals surface area contributed by atoms with Crippen molar-refractivity contribution in [2.24, 2.45) is 5.10 Å². The normalized spacial score (nSPS) is 11.0. The van der Waals surface area contributed by atoms with E-state index in [4.69, 9.17) is 26.8 Å². The number of ether oxygens (including phenoxy) is 2. The molecule has 1 amide bonds. The predicted octanol–water partition coefficient (Wildman–Crippen LogP) is 3.87. The number of hydrogen-bond donors (Lipinski definition) is 2. The molecule has 0 bridgehead atoms. The van der Waals surface area contributed by atoms with Crippen LogP contribution in [-0.2, 0) is 0 Å². The summed E-state index contributed by atoms with van der Waals surface area (Å²) in [7, 11) is 0. The van der Waals surface area contributed by atoms with Gasteiger partial charge in [0.15, 0.2) is 11.5 Å². The third-order valence-electron chi connectivity index (χ3n) is 3.21. The van der Waals surface area contributed by atoms with E-state index in [0.29, 0.717) is 39.9 Å². The van der Waals surface area contributed by atoms with Crippen molar-refractivity contribution in [3.63, 3.8) is 0 Å². The molecule has 0 unspecified atom stereocenters. The molecular formula is C19H22ClN3O3. The van der Waals surface area contributed by atoms with Crippen molar-refractivity contribution in [3.05, 3.63) is 52.5 Å². The maximum absolute atomic E-state index is 12.0. The number of carbonyl (C=O) groups is 1. The molecule has 138 valence electrons. The molecule has 2 aromatic carbocycles. The second-order valence-electron chi connectivity index (χ2n) is 5.75. The minimum absolute atomic E-state index is 0.0381. The van der Waals surface area contributed by atoms with Gasteiger partial charge in [-0.3, -0.25) is 4.79 Å². The second kappa shape index (κ2) is 9.10. The van der Waals surface area contributed by atoms with E-state index in [1.54, 1.807) is 36.4 Å². The highest BCUT2D eigenvalue weighted by molar-refractivity contribution is 6.32. The molecule has 0 radical (unpaired) electrons. The first kappa shape index (κ1) is 19.6. The van der Waals surface area contributed by atoms with E-state index in [2.05, 4.69) is 10.5 Å². The molecule has 0 saturated carbocycles. The fourth-order valence-electron chi connectivity index (χ4n) is 2.19. The number of rotatable bonds is 7. The Morgan fingerprint density at radius 3 is 2.77 bits per heavy atom. The summed E-state index contributed by atoms with van der Waals surface area (Å²) in [5.74, 6) is 0.659. The van der Waals surface area contributed by atoms with Crippen LogP contribution < -0.4 is 20.6 Å². The first-order chi connectivity index (χ1) is 12.4. The quantitative estimate of drug-likeness (QED) is 0.437. The lowest BCUT2D eigenvalue weighted by atomic mass is 10.2. The third kappa shape index (κ3) is 5.39. The second-order valence-corrected chi connectivity index (χ2v) is 6.16. The fourth-order valence-corrected chi connectivity index (χ4v) is 2.45. The molecule has 6 nitrogen and oxygen atoms in total. The standard InChI is InChI=1S/C19H22ClN3O3/c1-4-25-17-9-13(8-16(20)18(17)26-12(2)3)11-22-23-19(24)14-6-5-7-15(21)10-14/h5-12H,4,21H2,1-3H3,(H,23,24)/b22-11-. The van der Waals surface area contributed by atoms with Crippen molar-refractivity contribution in [3.8, 4) is 11.5 Å². The summed E-state index contributed by atoms with van der Waals surface area (Å²) in [5.41, 5.74) is 9.73. The van der Waals surface area contributed by atoms with Crippen molar-refractivity contribution in [2.45, 2.75) is 26.9 Å². The SMILES string of the molecule is CCOc1cc(/C=N\NC(=O)c2cccc(N)c2)cc(Cl)c1OC(C)C. The van der Waals surface area contributed by atoms with Crippen LogP contribution in [0, 0.1) is 0 Å². The molecule has 0 aliphatic rings. The number of hydrazone groups is 1. The average Bonchev–Trinajstić information content (AvgIpc) is 2.58. The molecule has 2 aromatic rings. The van der Waals surface area contributed by atoms with Gasteiger partial charge in [0.2, 0.25) is 0 Å². The highest BCUT2D eigenvalue weighted by Gasteiger charge is 2.13. The van der Waals surface area contributed by atoms with Crippen LogP contribution in [0.1, 0.15) is 36.7 Å². The number of nitrogen functional groups attached to an aromatic ring is 1. The van der Waals surface area contributed by atoms with E-state index in [0.717, 1.165) is 0 Å². The van der Waals surface area contributed by atoms with Gasteiger partial charge in [0.05, 0.1) is 23.9 Å². The number of benzene rings is 2. The molecular weight excluding hydrogens is 354 g/mol. The highest BCUT2D eigenvalue weighted by atomic mass is 35.5. The van der Waals surface area contributed by atoms with Crippen molar-refractivity contribution in [1.29, 1.82) is 0 Å². The Hall–Kier alpha value is -2.73. The van der Waals surface area contributed by atoms with Crippen molar-refractivity contribution >= 4 is 29.4 Å². The van der Waals surface area contributed by atoms with E-state index in [1.807, 2.05) is 20.8 Å². The van der Waals surface area contributed by atoms with E-state index >= 15 is 0 Å². The lowest BCUT2D eigenvalue weighted by Crippen LogP contribution is -2.17.